The highest BCUT2D eigenvalue weighted by atomic mass is 16.4. The van der Waals surface area contributed by atoms with Gasteiger partial charge in [-0.3, -0.25) is 5.11 Å². The molecule has 1 heterocycles. The summed E-state index contributed by atoms with van der Waals surface area (Å²) in [4.78, 5) is 10.8. The van der Waals surface area contributed by atoms with Gasteiger partial charge < -0.3 is 4.42 Å². The molecule has 0 spiro atoms. The van der Waals surface area contributed by atoms with Crippen molar-refractivity contribution in [3.63, 3.8) is 0 Å². The Morgan fingerprint density at radius 2 is 1.92 bits per heavy atom. The van der Waals surface area contributed by atoms with Gasteiger partial charge in [-0.25, -0.2) is 4.79 Å². The number of rotatable bonds is 0. The Hall–Kier alpha value is -1.77. The highest BCUT2D eigenvalue weighted by Crippen LogP contribution is 2.15. The van der Waals surface area contributed by atoms with E-state index in [-0.39, 0.29) is 0 Å². The third kappa shape index (κ3) is 0.955. The van der Waals surface area contributed by atoms with Crippen LogP contribution in [0.5, 0.6) is 5.75 Å². The fraction of sp³-hybridized carbons (Fsp3) is 0. The molecule has 3 heteroatoms. The largest absolute Gasteiger partial charge is 0.420 e. The van der Waals surface area contributed by atoms with E-state index in [1.54, 1.807) is 24.3 Å². The molecule has 0 unspecified atom stereocenters. The van der Waals surface area contributed by atoms with Gasteiger partial charge in [0.15, 0.2) is 0 Å². The van der Waals surface area contributed by atoms with Crippen molar-refractivity contribution in [3.8, 4) is 5.75 Å². The Bertz CT molecular complexity index is 470. The van der Waals surface area contributed by atoms with Crippen LogP contribution in [0.1, 0.15) is 0 Å². The van der Waals surface area contributed by atoms with Crippen LogP contribution < -0.4 is 5.63 Å². The minimum absolute atomic E-state index is 0.446. The van der Waals surface area contributed by atoms with E-state index < -0.39 is 11.4 Å². The van der Waals surface area contributed by atoms with E-state index in [0.717, 1.165) is 0 Å². The number of hydrogen-bond donors (Lipinski definition) is 0. The second-order valence-electron chi connectivity index (χ2n) is 2.44. The van der Waals surface area contributed by atoms with Crippen LogP contribution in [0.15, 0.2) is 39.5 Å². The summed E-state index contributed by atoms with van der Waals surface area (Å²) in [6, 6.07) is 8.18. The standard InChI is InChI=1S/C9H5O3/c10-7-5-6-3-1-2-4-8(6)12-9(7)11/h1-5H. The average Bonchev–Trinajstić information content (AvgIpc) is 2.07. The summed E-state index contributed by atoms with van der Waals surface area (Å²) in [6.07, 6.45) is 0. The normalized spacial score (nSPS) is 10.3. The van der Waals surface area contributed by atoms with Crippen LogP contribution in [0.2, 0.25) is 0 Å². The average molecular weight is 161 g/mol. The van der Waals surface area contributed by atoms with Crippen LogP contribution in [0, 0.1) is 0 Å². The number of fused-ring (bicyclic) bond motifs is 1. The maximum atomic E-state index is 10.8. The molecule has 1 aromatic heterocycles. The number of hydrogen-bond acceptors (Lipinski definition) is 2. The van der Waals surface area contributed by atoms with Crippen LogP contribution in [0.25, 0.3) is 11.0 Å². The lowest BCUT2D eigenvalue weighted by molar-refractivity contribution is 0.330. The topological polar surface area (TPSA) is 50.1 Å². The minimum atomic E-state index is -0.811. The monoisotopic (exact) mass is 161 g/mol. The molecule has 2 rings (SSSR count). The van der Waals surface area contributed by atoms with Crippen molar-refractivity contribution in [1.29, 1.82) is 0 Å². The van der Waals surface area contributed by atoms with Crippen molar-refractivity contribution in [3.05, 3.63) is 40.8 Å². The molecule has 59 valence electrons. The molecular weight excluding hydrogens is 156 g/mol. The van der Waals surface area contributed by atoms with Crippen molar-refractivity contribution < 1.29 is 9.52 Å². The molecule has 1 aromatic carbocycles. The van der Waals surface area contributed by atoms with E-state index in [4.69, 9.17) is 4.42 Å². The van der Waals surface area contributed by atoms with Crippen molar-refractivity contribution in [1.82, 2.24) is 0 Å². The Morgan fingerprint density at radius 1 is 1.17 bits per heavy atom. The van der Waals surface area contributed by atoms with E-state index in [9.17, 15) is 9.90 Å². The van der Waals surface area contributed by atoms with Gasteiger partial charge in [-0.15, -0.1) is 0 Å². The SMILES string of the molecule is [O]c1cc2ccccc2oc1=O. The van der Waals surface area contributed by atoms with Crippen molar-refractivity contribution in [2.45, 2.75) is 0 Å². The van der Waals surface area contributed by atoms with Crippen LogP contribution >= 0.6 is 0 Å². The molecule has 0 aliphatic carbocycles. The zero-order valence-electron chi connectivity index (χ0n) is 6.11. The Labute approximate surface area is 67.9 Å². The van der Waals surface area contributed by atoms with Crippen molar-refractivity contribution in [2.75, 3.05) is 0 Å². The molecule has 0 saturated carbocycles. The van der Waals surface area contributed by atoms with Gasteiger partial charge in [0.2, 0.25) is 0 Å². The molecule has 3 nitrogen and oxygen atoms in total. The van der Waals surface area contributed by atoms with Gasteiger partial charge in [0.05, 0.1) is 0 Å². The molecule has 0 bridgehead atoms. The van der Waals surface area contributed by atoms with Gasteiger partial charge in [-0.05, 0) is 6.07 Å². The first-order chi connectivity index (χ1) is 5.77. The predicted octanol–water partition coefficient (Wildman–Crippen LogP) is 1.94. The fourth-order valence-corrected chi connectivity index (χ4v) is 1.04. The van der Waals surface area contributed by atoms with E-state index in [1.807, 2.05) is 0 Å². The molecule has 0 aliphatic rings. The van der Waals surface area contributed by atoms with Gasteiger partial charge in [-0.2, -0.15) is 0 Å². The first kappa shape index (κ1) is 6.91. The lowest BCUT2D eigenvalue weighted by atomic mass is 10.2. The zero-order valence-corrected chi connectivity index (χ0v) is 6.11. The van der Waals surface area contributed by atoms with Crippen molar-refractivity contribution >= 4 is 11.0 Å². The number of para-hydroxylation sites is 1. The first-order valence-corrected chi connectivity index (χ1v) is 3.47. The van der Waals surface area contributed by atoms with E-state index in [0.29, 0.717) is 11.0 Å². The van der Waals surface area contributed by atoms with Gasteiger partial charge in [-0.1, -0.05) is 18.2 Å². The zero-order chi connectivity index (χ0) is 8.55. The smallest absolute Gasteiger partial charge is 0.384 e. The van der Waals surface area contributed by atoms with Gasteiger partial charge in [0.25, 0.3) is 5.75 Å². The van der Waals surface area contributed by atoms with Gasteiger partial charge in [0, 0.05) is 11.5 Å². The van der Waals surface area contributed by atoms with Crippen LogP contribution in [-0.2, 0) is 5.11 Å². The van der Waals surface area contributed by atoms with Gasteiger partial charge >= 0.3 is 5.63 Å². The van der Waals surface area contributed by atoms with Crippen LogP contribution in [0.4, 0.5) is 0 Å². The Balaban J connectivity index is 2.93. The Morgan fingerprint density at radius 3 is 2.75 bits per heavy atom. The van der Waals surface area contributed by atoms with Crippen molar-refractivity contribution in [2.24, 2.45) is 0 Å². The fourth-order valence-electron chi connectivity index (χ4n) is 1.04. The molecule has 2 aromatic rings. The third-order valence-corrected chi connectivity index (χ3v) is 1.61. The lowest BCUT2D eigenvalue weighted by Crippen LogP contribution is -1.95. The quantitative estimate of drug-likeness (QED) is 0.554. The molecule has 0 aliphatic heterocycles. The highest BCUT2D eigenvalue weighted by molar-refractivity contribution is 5.77. The summed E-state index contributed by atoms with van der Waals surface area (Å²) in [6.45, 7) is 0. The summed E-state index contributed by atoms with van der Waals surface area (Å²) in [5.41, 5.74) is -0.365. The molecule has 0 fully saturated rings. The maximum absolute atomic E-state index is 10.8. The molecule has 12 heavy (non-hydrogen) atoms. The summed E-state index contributed by atoms with van der Waals surface area (Å²) in [5, 5.41) is 11.5. The predicted molar refractivity (Wildman–Crippen MR) is 42.6 cm³/mol. The van der Waals surface area contributed by atoms with Crippen LogP contribution in [0.3, 0.4) is 0 Å². The summed E-state index contributed by atoms with van der Waals surface area (Å²) in [5.74, 6) is -0.603. The van der Waals surface area contributed by atoms with E-state index >= 15 is 0 Å². The summed E-state index contributed by atoms with van der Waals surface area (Å²) in [7, 11) is 0. The van der Waals surface area contributed by atoms with E-state index in [1.165, 1.54) is 6.07 Å². The molecule has 0 amide bonds. The first-order valence-electron chi connectivity index (χ1n) is 3.47. The second-order valence-corrected chi connectivity index (χ2v) is 2.44. The highest BCUT2D eigenvalue weighted by Gasteiger charge is 2.02. The van der Waals surface area contributed by atoms with Gasteiger partial charge in [0.1, 0.15) is 5.58 Å². The lowest BCUT2D eigenvalue weighted by Gasteiger charge is -1.93. The van der Waals surface area contributed by atoms with E-state index in [2.05, 4.69) is 0 Å². The molecule has 1 radical (unpaired) electrons. The molecule has 0 N–H and O–H groups in total. The van der Waals surface area contributed by atoms with Crippen LogP contribution in [-0.4, -0.2) is 0 Å². The molecule has 0 atom stereocenters. The number of benzene rings is 1. The summed E-state index contributed by atoms with van der Waals surface area (Å²) < 4.78 is 4.72. The molecule has 0 saturated heterocycles. The second kappa shape index (κ2) is 2.37. The minimum Gasteiger partial charge on any atom is -0.420 e. The Kier molecular flexibility index (Phi) is 1.37. The summed E-state index contributed by atoms with van der Waals surface area (Å²) >= 11 is 0. The third-order valence-electron chi connectivity index (χ3n) is 1.61. The molecular formula is C9H5O3. The maximum Gasteiger partial charge on any atom is 0.384 e.